The van der Waals surface area contributed by atoms with Gasteiger partial charge in [-0.2, -0.15) is 0 Å². The predicted molar refractivity (Wildman–Crippen MR) is 137 cm³/mol. The van der Waals surface area contributed by atoms with Gasteiger partial charge in [0.15, 0.2) is 0 Å². The number of hydrogen-bond donors (Lipinski definition) is 2. The Balaban J connectivity index is 1.64. The number of carbonyl (C=O) groups excluding carboxylic acids is 1. The van der Waals surface area contributed by atoms with Crippen LogP contribution in [0.5, 0.6) is 0 Å². The maximum atomic E-state index is 13.3. The van der Waals surface area contributed by atoms with Crippen molar-refractivity contribution in [1.29, 1.82) is 0 Å². The smallest absolute Gasteiger partial charge is 0.261 e. The molecule has 0 atom stereocenters. The molecule has 7 nitrogen and oxygen atoms in total. The van der Waals surface area contributed by atoms with Crippen LogP contribution in [0.25, 0.3) is 0 Å². The highest BCUT2D eigenvalue weighted by Gasteiger charge is 2.23. The Morgan fingerprint density at radius 1 is 0.941 bits per heavy atom. The Hall–Kier alpha value is -2.58. The first-order valence-corrected chi connectivity index (χ1v) is 14.0. The van der Waals surface area contributed by atoms with Crippen LogP contribution in [0.15, 0.2) is 47.4 Å². The van der Waals surface area contributed by atoms with Crippen LogP contribution < -0.4 is 14.9 Å². The highest BCUT2D eigenvalue weighted by Crippen LogP contribution is 2.31. The summed E-state index contributed by atoms with van der Waals surface area (Å²) in [6, 6.07) is 12.5. The van der Waals surface area contributed by atoms with Crippen LogP contribution in [-0.2, 0) is 16.4 Å². The molecule has 4 rings (SSSR count). The topological polar surface area (TPSA) is 81.8 Å². The standard InChI is InChI=1S/C26H36N4O3S/c1-2-7-21-8-11-23(12-9-21)34(32,33)28-24-20-22(26(31)30-16-5-3-4-6-17-30)10-13-25(24)29-18-14-27-15-19-29/h8-13,20,27-28H,2-7,14-19H2,1H3. The van der Waals surface area contributed by atoms with Gasteiger partial charge in [0.25, 0.3) is 15.9 Å². The van der Waals surface area contributed by atoms with Crippen molar-refractivity contribution in [1.82, 2.24) is 10.2 Å². The Morgan fingerprint density at radius 2 is 1.62 bits per heavy atom. The molecule has 2 N–H and O–H groups in total. The number of aryl methyl sites for hydroxylation is 1. The molecule has 2 aliphatic heterocycles. The minimum Gasteiger partial charge on any atom is -0.367 e. The maximum Gasteiger partial charge on any atom is 0.261 e. The Labute approximate surface area is 203 Å². The van der Waals surface area contributed by atoms with Gasteiger partial charge in [-0.15, -0.1) is 0 Å². The molecule has 2 fully saturated rings. The lowest BCUT2D eigenvalue weighted by atomic mass is 10.1. The van der Waals surface area contributed by atoms with E-state index in [0.29, 0.717) is 11.3 Å². The molecule has 2 heterocycles. The lowest BCUT2D eigenvalue weighted by Crippen LogP contribution is -2.43. The number of piperazine rings is 1. The molecule has 0 spiro atoms. The third kappa shape index (κ3) is 5.91. The van der Waals surface area contributed by atoms with Crippen LogP contribution in [0, 0.1) is 0 Å². The summed E-state index contributed by atoms with van der Waals surface area (Å²) in [6.45, 7) is 6.83. The highest BCUT2D eigenvalue weighted by atomic mass is 32.2. The van der Waals surface area contributed by atoms with Gasteiger partial charge in [0.1, 0.15) is 0 Å². The fourth-order valence-corrected chi connectivity index (χ4v) is 5.78. The van der Waals surface area contributed by atoms with Crippen molar-refractivity contribution in [3.05, 3.63) is 53.6 Å². The molecule has 2 aliphatic rings. The number of amides is 1. The van der Waals surface area contributed by atoms with Crippen molar-refractivity contribution in [2.24, 2.45) is 0 Å². The average Bonchev–Trinajstić information content (AvgIpc) is 3.14. The summed E-state index contributed by atoms with van der Waals surface area (Å²) >= 11 is 0. The minimum absolute atomic E-state index is 0.0295. The van der Waals surface area contributed by atoms with Gasteiger partial charge < -0.3 is 15.1 Å². The number of nitrogens with one attached hydrogen (secondary N) is 2. The fraction of sp³-hybridized carbons (Fsp3) is 0.500. The Morgan fingerprint density at radius 3 is 2.26 bits per heavy atom. The van der Waals surface area contributed by atoms with Gasteiger partial charge in [-0.1, -0.05) is 38.3 Å². The highest BCUT2D eigenvalue weighted by molar-refractivity contribution is 7.92. The van der Waals surface area contributed by atoms with Gasteiger partial charge in [-0.3, -0.25) is 9.52 Å². The number of likely N-dealkylation sites (tertiary alicyclic amines) is 1. The SMILES string of the molecule is CCCc1ccc(S(=O)(=O)Nc2cc(C(=O)N3CCCCCC3)ccc2N2CCNCC2)cc1. The molecule has 184 valence electrons. The average molecular weight is 485 g/mol. The molecule has 2 saturated heterocycles. The quantitative estimate of drug-likeness (QED) is 0.624. The minimum atomic E-state index is -3.80. The third-order valence-electron chi connectivity index (χ3n) is 6.61. The summed E-state index contributed by atoms with van der Waals surface area (Å²) in [7, 11) is -3.80. The van der Waals surface area contributed by atoms with E-state index >= 15 is 0 Å². The lowest BCUT2D eigenvalue weighted by Gasteiger charge is -2.31. The molecule has 0 radical (unpaired) electrons. The van der Waals surface area contributed by atoms with E-state index in [2.05, 4.69) is 21.9 Å². The number of benzene rings is 2. The van der Waals surface area contributed by atoms with Crippen molar-refractivity contribution in [3.63, 3.8) is 0 Å². The van der Waals surface area contributed by atoms with E-state index in [9.17, 15) is 13.2 Å². The van der Waals surface area contributed by atoms with Gasteiger partial charge in [0.2, 0.25) is 0 Å². The van der Waals surface area contributed by atoms with Crippen molar-refractivity contribution < 1.29 is 13.2 Å². The zero-order valence-corrected chi connectivity index (χ0v) is 20.9. The molecule has 0 aromatic heterocycles. The summed E-state index contributed by atoms with van der Waals surface area (Å²) in [5, 5.41) is 3.33. The third-order valence-corrected chi connectivity index (χ3v) is 7.99. The van der Waals surface area contributed by atoms with E-state index in [0.717, 1.165) is 89.0 Å². The van der Waals surface area contributed by atoms with E-state index < -0.39 is 10.0 Å². The molecular formula is C26H36N4O3S. The van der Waals surface area contributed by atoms with E-state index in [1.54, 1.807) is 18.2 Å². The van der Waals surface area contributed by atoms with E-state index in [1.165, 1.54) is 0 Å². The summed E-state index contributed by atoms with van der Waals surface area (Å²) in [4.78, 5) is 17.5. The Kier molecular flexibility index (Phi) is 8.11. The monoisotopic (exact) mass is 484 g/mol. The van der Waals surface area contributed by atoms with Crippen molar-refractivity contribution in [2.45, 2.75) is 50.3 Å². The van der Waals surface area contributed by atoms with Crippen LogP contribution in [0.1, 0.15) is 54.9 Å². The van der Waals surface area contributed by atoms with Gasteiger partial charge in [0.05, 0.1) is 16.3 Å². The summed E-state index contributed by atoms with van der Waals surface area (Å²) in [5.41, 5.74) is 2.91. The molecule has 34 heavy (non-hydrogen) atoms. The zero-order valence-electron chi connectivity index (χ0n) is 20.1. The molecular weight excluding hydrogens is 448 g/mol. The second-order valence-corrected chi connectivity index (χ2v) is 10.9. The number of rotatable bonds is 7. The van der Waals surface area contributed by atoms with Crippen molar-refractivity contribution in [3.8, 4) is 0 Å². The number of carbonyl (C=O) groups is 1. The predicted octanol–water partition coefficient (Wildman–Crippen LogP) is 3.87. The second-order valence-electron chi connectivity index (χ2n) is 9.17. The molecule has 0 bridgehead atoms. The molecule has 8 heteroatoms. The summed E-state index contributed by atoms with van der Waals surface area (Å²) < 4.78 is 29.4. The number of anilines is 2. The molecule has 0 aliphatic carbocycles. The fourth-order valence-electron chi connectivity index (χ4n) is 4.72. The first-order valence-electron chi connectivity index (χ1n) is 12.5. The van der Waals surface area contributed by atoms with Crippen molar-refractivity contribution >= 4 is 27.3 Å². The van der Waals surface area contributed by atoms with E-state index in [-0.39, 0.29) is 10.8 Å². The molecule has 2 aromatic carbocycles. The van der Waals surface area contributed by atoms with E-state index in [4.69, 9.17) is 0 Å². The molecule has 0 saturated carbocycles. The van der Waals surface area contributed by atoms with E-state index in [1.807, 2.05) is 29.2 Å². The van der Waals surface area contributed by atoms with Crippen LogP contribution in [-0.4, -0.2) is 58.5 Å². The summed E-state index contributed by atoms with van der Waals surface area (Å²) in [6.07, 6.45) is 6.25. The van der Waals surface area contributed by atoms with Gasteiger partial charge in [-0.25, -0.2) is 8.42 Å². The van der Waals surface area contributed by atoms with Crippen LogP contribution in [0.3, 0.4) is 0 Å². The first-order chi connectivity index (χ1) is 16.5. The lowest BCUT2D eigenvalue weighted by molar-refractivity contribution is 0.0761. The number of sulfonamides is 1. The molecule has 0 unspecified atom stereocenters. The summed E-state index contributed by atoms with van der Waals surface area (Å²) in [5.74, 6) is -0.0295. The maximum absolute atomic E-state index is 13.3. The second kappa shape index (κ2) is 11.2. The van der Waals surface area contributed by atoms with Crippen LogP contribution in [0.2, 0.25) is 0 Å². The van der Waals surface area contributed by atoms with Crippen LogP contribution in [0.4, 0.5) is 11.4 Å². The van der Waals surface area contributed by atoms with Gasteiger partial charge in [0, 0.05) is 44.8 Å². The van der Waals surface area contributed by atoms with Crippen LogP contribution >= 0.6 is 0 Å². The normalized spacial score (nSPS) is 17.3. The van der Waals surface area contributed by atoms with Gasteiger partial charge >= 0.3 is 0 Å². The number of hydrogen-bond acceptors (Lipinski definition) is 5. The molecule has 2 aromatic rings. The number of nitrogens with zero attached hydrogens (tertiary/aromatic N) is 2. The first kappa shape index (κ1) is 24.5. The van der Waals surface area contributed by atoms with Crippen molar-refractivity contribution in [2.75, 3.05) is 48.9 Å². The molecule has 1 amide bonds. The largest absolute Gasteiger partial charge is 0.367 e. The Bertz CT molecular complexity index is 1070. The zero-order chi connectivity index (χ0) is 24.0. The van der Waals surface area contributed by atoms with Gasteiger partial charge in [-0.05, 0) is 55.2 Å².